The van der Waals surface area contributed by atoms with E-state index in [2.05, 4.69) is 0 Å². The van der Waals surface area contributed by atoms with E-state index in [1.165, 1.54) is 0 Å². The van der Waals surface area contributed by atoms with Crippen LogP contribution >= 0.6 is 11.3 Å². The van der Waals surface area contributed by atoms with Crippen LogP contribution in [0.3, 0.4) is 0 Å². The Kier molecular flexibility index (Phi) is 2.02. The van der Waals surface area contributed by atoms with Crippen LogP contribution in [0.25, 0.3) is 0 Å². The third kappa shape index (κ3) is 1.55. The van der Waals surface area contributed by atoms with Gasteiger partial charge in [0.05, 0.1) is 0 Å². The van der Waals surface area contributed by atoms with Crippen LogP contribution < -0.4 is 0 Å². The number of ether oxygens (including phenoxy) is 2. The summed E-state index contributed by atoms with van der Waals surface area (Å²) in [5, 5.41) is 0. The minimum absolute atomic E-state index is 0.121. The van der Waals surface area contributed by atoms with Gasteiger partial charge in [-0.15, -0.1) is 11.3 Å². The molecular formula is C8H6O4S. The van der Waals surface area contributed by atoms with Crippen molar-refractivity contribution >= 4 is 23.3 Å². The Morgan fingerprint density at radius 3 is 1.92 bits per heavy atom. The molecule has 4 nitrogen and oxygen atoms in total. The first-order valence-electron chi connectivity index (χ1n) is 3.71. The summed E-state index contributed by atoms with van der Waals surface area (Å²) >= 11 is 1.09. The Morgan fingerprint density at radius 2 is 1.46 bits per heavy atom. The first-order valence-corrected chi connectivity index (χ1v) is 4.53. The molecule has 1 aromatic heterocycles. The molecule has 0 N–H and O–H groups in total. The number of fused-ring (bicyclic) bond motifs is 2. The number of hydrogen-bond donors (Lipinski definition) is 0. The molecule has 2 heterocycles. The van der Waals surface area contributed by atoms with Gasteiger partial charge in [-0.3, -0.25) is 0 Å². The smallest absolute Gasteiger partial charge is 0.348 e. The van der Waals surface area contributed by atoms with E-state index < -0.39 is 11.9 Å². The van der Waals surface area contributed by atoms with Crippen LogP contribution in [-0.4, -0.2) is 25.2 Å². The molecule has 0 spiro atoms. The van der Waals surface area contributed by atoms with Gasteiger partial charge in [-0.25, -0.2) is 9.59 Å². The fourth-order valence-corrected chi connectivity index (χ4v) is 1.76. The number of carbonyl (C=O) groups is 2. The van der Waals surface area contributed by atoms with Gasteiger partial charge in [0.2, 0.25) is 0 Å². The molecule has 2 bridgehead atoms. The normalized spacial score (nSPS) is 16.6. The van der Waals surface area contributed by atoms with E-state index in [0.717, 1.165) is 11.3 Å². The van der Waals surface area contributed by atoms with E-state index in [4.69, 9.17) is 9.47 Å². The number of hydrogen-bond acceptors (Lipinski definition) is 5. The molecule has 1 aliphatic heterocycles. The maximum absolute atomic E-state index is 11.2. The minimum atomic E-state index is -0.394. The molecule has 0 radical (unpaired) electrons. The number of esters is 2. The molecular weight excluding hydrogens is 192 g/mol. The molecule has 0 saturated heterocycles. The van der Waals surface area contributed by atoms with Crippen LogP contribution in [0, 0.1) is 0 Å². The lowest BCUT2D eigenvalue weighted by molar-refractivity contribution is 0.0274. The summed E-state index contributed by atoms with van der Waals surface area (Å²) in [6.07, 6.45) is 0. The number of cyclic esters (lactones) is 2. The van der Waals surface area contributed by atoms with Gasteiger partial charge in [-0.1, -0.05) is 0 Å². The lowest BCUT2D eigenvalue weighted by atomic mass is 10.4. The molecule has 0 aliphatic carbocycles. The van der Waals surface area contributed by atoms with E-state index in [0.29, 0.717) is 9.75 Å². The zero-order valence-electron chi connectivity index (χ0n) is 6.61. The largest absolute Gasteiger partial charge is 0.458 e. The van der Waals surface area contributed by atoms with Gasteiger partial charge in [0, 0.05) is 0 Å². The fraction of sp³-hybridized carbons (Fsp3) is 0.250. The summed E-state index contributed by atoms with van der Waals surface area (Å²) in [6, 6.07) is 3.13. The van der Waals surface area contributed by atoms with Crippen molar-refractivity contribution in [3.05, 3.63) is 21.9 Å². The average molecular weight is 198 g/mol. The summed E-state index contributed by atoms with van der Waals surface area (Å²) in [5.74, 6) is -0.788. The summed E-state index contributed by atoms with van der Waals surface area (Å²) < 4.78 is 9.61. The highest BCUT2D eigenvalue weighted by molar-refractivity contribution is 7.15. The SMILES string of the molecule is O=C1OCCOC(=O)c2ccc1s2. The first kappa shape index (κ1) is 8.25. The summed E-state index contributed by atoms with van der Waals surface area (Å²) in [7, 11) is 0. The molecule has 0 fully saturated rings. The molecule has 0 saturated carbocycles. The molecule has 0 atom stereocenters. The topological polar surface area (TPSA) is 52.6 Å². The van der Waals surface area contributed by atoms with E-state index in [9.17, 15) is 9.59 Å². The van der Waals surface area contributed by atoms with Crippen LogP contribution in [0.15, 0.2) is 12.1 Å². The average Bonchev–Trinajstić information content (AvgIpc) is 2.60. The highest BCUT2D eigenvalue weighted by Crippen LogP contribution is 2.19. The third-order valence-corrected chi connectivity index (χ3v) is 2.60. The molecule has 0 aromatic carbocycles. The van der Waals surface area contributed by atoms with Gasteiger partial charge in [0.1, 0.15) is 23.0 Å². The zero-order valence-corrected chi connectivity index (χ0v) is 7.43. The fourth-order valence-electron chi connectivity index (χ4n) is 0.968. The van der Waals surface area contributed by atoms with Crippen molar-refractivity contribution in [3.63, 3.8) is 0 Å². The predicted octanol–water partition coefficient (Wildman–Crippen LogP) is 1.08. The Bertz CT molecular complexity index is 322. The van der Waals surface area contributed by atoms with Crippen molar-refractivity contribution < 1.29 is 19.1 Å². The zero-order chi connectivity index (χ0) is 9.26. The van der Waals surface area contributed by atoms with Gasteiger partial charge in [-0.05, 0) is 12.1 Å². The molecule has 0 unspecified atom stereocenters. The maximum atomic E-state index is 11.2. The Labute approximate surface area is 78.1 Å². The van der Waals surface area contributed by atoms with Gasteiger partial charge >= 0.3 is 11.9 Å². The predicted molar refractivity (Wildman–Crippen MR) is 44.9 cm³/mol. The lowest BCUT2D eigenvalue weighted by Crippen LogP contribution is -2.11. The van der Waals surface area contributed by atoms with Gasteiger partial charge in [-0.2, -0.15) is 0 Å². The second-order valence-corrected chi connectivity index (χ2v) is 3.52. The molecule has 1 aromatic rings. The summed E-state index contributed by atoms with van der Waals surface area (Å²) in [5.41, 5.74) is 0. The highest BCUT2D eigenvalue weighted by atomic mass is 32.1. The van der Waals surface area contributed by atoms with Crippen molar-refractivity contribution in [2.45, 2.75) is 0 Å². The van der Waals surface area contributed by atoms with Crippen LogP contribution in [0.1, 0.15) is 19.3 Å². The molecule has 5 heteroatoms. The third-order valence-electron chi connectivity index (χ3n) is 1.56. The van der Waals surface area contributed by atoms with Crippen molar-refractivity contribution in [1.29, 1.82) is 0 Å². The number of rotatable bonds is 0. The first-order chi connectivity index (χ1) is 6.27. The highest BCUT2D eigenvalue weighted by Gasteiger charge is 2.17. The number of carbonyl (C=O) groups excluding carboxylic acids is 2. The van der Waals surface area contributed by atoms with E-state index in [1.807, 2.05) is 0 Å². The van der Waals surface area contributed by atoms with Crippen LogP contribution in [-0.2, 0) is 9.47 Å². The van der Waals surface area contributed by atoms with E-state index >= 15 is 0 Å². The second kappa shape index (κ2) is 3.18. The monoisotopic (exact) mass is 198 g/mol. The van der Waals surface area contributed by atoms with Crippen LogP contribution in [0.5, 0.6) is 0 Å². The Balaban J connectivity index is 2.37. The van der Waals surface area contributed by atoms with Gasteiger partial charge < -0.3 is 9.47 Å². The molecule has 68 valence electrons. The summed E-state index contributed by atoms with van der Waals surface area (Å²) in [6.45, 7) is 0.242. The minimum Gasteiger partial charge on any atom is -0.458 e. The van der Waals surface area contributed by atoms with Crippen molar-refractivity contribution in [3.8, 4) is 0 Å². The van der Waals surface area contributed by atoms with E-state index in [-0.39, 0.29) is 13.2 Å². The number of thiophene rings is 1. The van der Waals surface area contributed by atoms with Crippen molar-refractivity contribution in [2.75, 3.05) is 13.2 Å². The summed E-state index contributed by atoms with van der Waals surface area (Å²) in [4.78, 5) is 23.2. The Morgan fingerprint density at radius 1 is 1.00 bits per heavy atom. The van der Waals surface area contributed by atoms with Crippen LogP contribution in [0.2, 0.25) is 0 Å². The second-order valence-electron chi connectivity index (χ2n) is 2.44. The van der Waals surface area contributed by atoms with E-state index in [1.54, 1.807) is 12.1 Å². The molecule has 2 rings (SSSR count). The molecule has 1 aliphatic rings. The molecule has 13 heavy (non-hydrogen) atoms. The van der Waals surface area contributed by atoms with Crippen molar-refractivity contribution in [1.82, 2.24) is 0 Å². The Hall–Kier alpha value is -1.36. The van der Waals surface area contributed by atoms with Crippen LogP contribution in [0.4, 0.5) is 0 Å². The standard InChI is InChI=1S/C8H6O4S/c9-7-5-1-2-6(13-5)8(10)12-4-3-11-7/h1-2H,3-4H2. The lowest BCUT2D eigenvalue weighted by Gasteiger charge is -2.02. The van der Waals surface area contributed by atoms with Crippen molar-refractivity contribution in [2.24, 2.45) is 0 Å². The van der Waals surface area contributed by atoms with Gasteiger partial charge in [0.25, 0.3) is 0 Å². The molecule has 0 amide bonds. The van der Waals surface area contributed by atoms with Gasteiger partial charge in [0.15, 0.2) is 0 Å². The quantitative estimate of drug-likeness (QED) is 0.585. The maximum Gasteiger partial charge on any atom is 0.348 e.